The fourth-order valence-electron chi connectivity index (χ4n) is 2.54. The Balaban J connectivity index is 1.82. The third-order valence-corrected chi connectivity index (χ3v) is 5.36. The molecule has 1 aromatic carbocycles. The predicted octanol–water partition coefficient (Wildman–Crippen LogP) is 1.62. The van der Waals surface area contributed by atoms with Gasteiger partial charge < -0.3 is 4.57 Å². The number of nitrogens with zero attached hydrogens (tertiary/aromatic N) is 4. The molecule has 24 heavy (non-hydrogen) atoms. The van der Waals surface area contributed by atoms with Crippen molar-refractivity contribution in [3.63, 3.8) is 0 Å². The molecule has 3 rings (SSSR count). The first kappa shape index (κ1) is 16.5. The van der Waals surface area contributed by atoms with Crippen molar-refractivity contribution in [2.75, 3.05) is 0 Å². The molecular formula is C14H17N5O4S. The van der Waals surface area contributed by atoms with Crippen molar-refractivity contribution in [1.82, 2.24) is 19.5 Å². The van der Waals surface area contributed by atoms with Crippen LogP contribution < -0.4 is 4.72 Å². The van der Waals surface area contributed by atoms with E-state index in [9.17, 15) is 18.5 Å². The van der Waals surface area contributed by atoms with Gasteiger partial charge in [-0.3, -0.25) is 10.1 Å². The number of benzene rings is 1. The zero-order valence-corrected chi connectivity index (χ0v) is 14.1. The van der Waals surface area contributed by atoms with E-state index in [4.69, 9.17) is 0 Å². The summed E-state index contributed by atoms with van der Waals surface area (Å²) in [7, 11) is -3.88. The predicted molar refractivity (Wildman–Crippen MR) is 84.9 cm³/mol. The van der Waals surface area contributed by atoms with Crippen LogP contribution in [0.3, 0.4) is 0 Å². The second-order valence-electron chi connectivity index (χ2n) is 5.79. The lowest BCUT2D eigenvalue weighted by atomic mass is 10.2. The van der Waals surface area contributed by atoms with E-state index >= 15 is 0 Å². The number of aromatic nitrogens is 3. The van der Waals surface area contributed by atoms with Crippen LogP contribution in [0, 0.1) is 24.0 Å². The fraction of sp³-hybridized carbons (Fsp3) is 0.429. The molecule has 2 aromatic rings. The van der Waals surface area contributed by atoms with Gasteiger partial charge in [0, 0.05) is 17.7 Å². The number of sulfonamides is 1. The van der Waals surface area contributed by atoms with Crippen LogP contribution in [0.4, 0.5) is 5.69 Å². The summed E-state index contributed by atoms with van der Waals surface area (Å²) in [5.74, 6) is 1.29. The molecule has 1 aliphatic carbocycles. The largest absolute Gasteiger partial charge is 0.311 e. The van der Waals surface area contributed by atoms with Crippen molar-refractivity contribution in [2.45, 2.75) is 44.2 Å². The third kappa shape index (κ3) is 3.15. The monoisotopic (exact) mass is 351 g/mol. The first-order chi connectivity index (χ1) is 11.3. The number of aryl methyl sites for hydroxylation is 2. The molecular weight excluding hydrogens is 334 g/mol. The van der Waals surface area contributed by atoms with E-state index in [1.165, 1.54) is 12.1 Å². The smallest absolute Gasteiger partial charge is 0.273 e. The highest BCUT2D eigenvalue weighted by atomic mass is 32.2. The molecule has 9 nitrogen and oxygen atoms in total. The summed E-state index contributed by atoms with van der Waals surface area (Å²) in [5, 5.41) is 19.0. The summed E-state index contributed by atoms with van der Waals surface area (Å²) in [6.45, 7) is 3.37. The quantitative estimate of drug-likeness (QED) is 0.623. The van der Waals surface area contributed by atoms with Crippen molar-refractivity contribution in [3.8, 4) is 0 Å². The van der Waals surface area contributed by atoms with E-state index in [0.29, 0.717) is 17.4 Å². The number of rotatable bonds is 6. The molecule has 0 aliphatic heterocycles. The Morgan fingerprint density at radius 2 is 2.04 bits per heavy atom. The first-order valence-corrected chi connectivity index (χ1v) is 8.93. The van der Waals surface area contributed by atoms with Gasteiger partial charge in [0.15, 0.2) is 0 Å². The van der Waals surface area contributed by atoms with Crippen LogP contribution >= 0.6 is 0 Å². The van der Waals surface area contributed by atoms with Crippen molar-refractivity contribution in [3.05, 3.63) is 45.5 Å². The van der Waals surface area contributed by atoms with Gasteiger partial charge in [-0.05, 0) is 32.8 Å². The van der Waals surface area contributed by atoms with Crippen molar-refractivity contribution < 1.29 is 13.3 Å². The molecule has 1 N–H and O–H groups in total. The highest BCUT2D eigenvalue weighted by Crippen LogP contribution is 2.36. The number of hydrogen-bond donors (Lipinski definition) is 1. The Labute approximate surface area is 138 Å². The van der Waals surface area contributed by atoms with Gasteiger partial charge >= 0.3 is 0 Å². The van der Waals surface area contributed by atoms with Crippen molar-refractivity contribution in [2.24, 2.45) is 0 Å². The molecule has 1 aromatic heterocycles. The molecule has 1 aliphatic rings. The van der Waals surface area contributed by atoms with Gasteiger partial charge in [-0.1, -0.05) is 6.07 Å². The van der Waals surface area contributed by atoms with Gasteiger partial charge in [0.05, 0.1) is 16.4 Å². The van der Waals surface area contributed by atoms with Crippen LogP contribution in [0.2, 0.25) is 0 Å². The second-order valence-corrected chi connectivity index (χ2v) is 7.56. The molecule has 0 unspecified atom stereocenters. The average Bonchev–Trinajstić information content (AvgIpc) is 3.28. The number of nitrogens with one attached hydrogen (secondary N) is 1. The zero-order chi connectivity index (χ0) is 17.5. The lowest BCUT2D eigenvalue weighted by Gasteiger charge is -2.09. The lowest BCUT2D eigenvalue weighted by molar-refractivity contribution is -0.385. The third-order valence-electron chi connectivity index (χ3n) is 3.96. The molecule has 10 heteroatoms. The van der Waals surface area contributed by atoms with Crippen LogP contribution in [0.15, 0.2) is 23.1 Å². The molecule has 0 atom stereocenters. The SMILES string of the molecule is Cc1ccc(S(=O)(=O)NCc2nnc(C)n2C2CC2)cc1[N+](=O)[O-]. The van der Waals surface area contributed by atoms with Crippen molar-refractivity contribution in [1.29, 1.82) is 0 Å². The summed E-state index contributed by atoms with van der Waals surface area (Å²) in [6, 6.07) is 4.17. The van der Waals surface area contributed by atoms with E-state index in [2.05, 4.69) is 14.9 Å². The molecule has 1 heterocycles. The van der Waals surface area contributed by atoms with Gasteiger partial charge in [0.1, 0.15) is 11.6 Å². The normalized spacial score (nSPS) is 14.8. The second kappa shape index (κ2) is 5.95. The van der Waals surface area contributed by atoms with E-state index in [0.717, 1.165) is 24.7 Å². The van der Waals surface area contributed by atoms with E-state index in [1.807, 2.05) is 11.5 Å². The molecule has 0 bridgehead atoms. The van der Waals surface area contributed by atoms with Crippen LogP contribution in [-0.2, 0) is 16.6 Å². The molecule has 128 valence electrons. The molecule has 0 spiro atoms. The number of hydrogen-bond acceptors (Lipinski definition) is 6. The Morgan fingerprint density at radius 1 is 1.33 bits per heavy atom. The maximum Gasteiger partial charge on any atom is 0.273 e. The Morgan fingerprint density at radius 3 is 2.67 bits per heavy atom. The minimum Gasteiger partial charge on any atom is -0.311 e. The highest BCUT2D eigenvalue weighted by molar-refractivity contribution is 7.89. The summed E-state index contributed by atoms with van der Waals surface area (Å²) < 4.78 is 29.2. The highest BCUT2D eigenvalue weighted by Gasteiger charge is 2.28. The Hall–Kier alpha value is -2.33. The van der Waals surface area contributed by atoms with Crippen LogP contribution in [0.1, 0.15) is 36.1 Å². The molecule has 0 amide bonds. The van der Waals surface area contributed by atoms with Crippen molar-refractivity contribution >= 4 is 15.7 Å². The standard InChI is InChI=1S/C14H17N5O4S/c1-9-3-6-12(7-13(9)19(20)21)24(22,23)15-8-14-17-16-10(2)18(14)11-4-5-11/h3,6-7,11,15H,4-5,8H2,1-2H3. The zero-order valence-electron chi connectivity index (χ0n) is 13.3. The van der Waals surface area contributed by atoms with Gasteiger partial charge in [-0.2, -0.15) is 0 Å². The van der Waals surface area contributed by atoms with E-state index < -0.39 is 14.9 Å². The number of nitro benzene ring substituents is 1. The van der Waals surface area contributed by atoms with Crippen LogP contribution in [0.25, 0.3) is 0 Å². The summed E-state index contributed by atoms with van der Waals surface area (Å²) in [6.07, 6.45) is 2.06. The summed E-state index contributed by atoms with van der Waals surface area (Å²) in [4.78, 5) is 10.2. The topological polar surface area (TPSA) is 120 Å². The molecule has 0 saturated heterocycles. The van der Waals surface area contributed by atoms with Crippen LogP contribution in [0.5, 0.6) is 0 Å². The summed E-state index contributed by atoms with van der Waals surface area (Å²) >= 11 is 0. The van der Waals surface area contributed by atoms with Gasteiger partial charge in [-0.15, -0.1) is 10.2 Å². The van der Waals surface area contributed by atoms with Gasteiger partial charge in [-0.25, -0.2) is 13.1 Å². The van der Waals surface area contributed by atoms with E-state index in [1.54, 1.807) is 6.92 Å². The maximum absolute atomic E-state index is 12.4. The molecule has 1 saturated carbocycles. The fourth-order valence-corrected chi connectivity index (χ4v) is 3.54. The maximum atomic E-state index is 12.4. The minimum atomic E-state index is -3.88. The van der Waals surface area contributed by atoms with Crippen LogP contribution in [-0.4, -0.2) is 28.1 Å². The molecule has 0 radical (unpaired) electrons. The minimum absolute atomic E-state index is 0.0126. The van der Waals surface area contributed by atoms with Gasteiger partial charge in [0.25, 0.3) is 5.69 Å². The summed E-state index contributed by atoms with van der Waals surface area (Å²) in [5.41, 5.74) is 0.179. The molecule has 1 fully saturated rings. The Kier molecular flexibility index (Phi) is 4.10. The van der Waals surface area contributed by atoms with E-state index in [-0.39, 0.29) is 17.1 Å². The Bertz CT molecular complexity index is 902. The first-order valence-electron chi connectivity index (χ1n) is 7.44. The van der Waals surface area contributed by atoms with Gasteiger partial charge in [0.2, 0.25) is 10.0 Å². The lowest BCUT2D eigenvalue weighted by Crippen LogP contribution is -2.25. The average molecular weight is 351 g/mol. The number of nitro groups is 1.